The predicted octanol–water partition coefficient (Wildman–Crippen LogP) is 0.570. The van der Waals surface area contributed by atoms with Gasteiger partial charge in [0.05, 0.1) is 6.10 Å². The topological polar surface area (TPSA) is 49.5 Å². The van der Waals surface area contributed by atoms with E-state index in [1.165, 1.54) is 12.8 Å². The highest BCUT2D eigenvalue weighted by Gasteiger charge is 2.25. The Morgan fingerprint density at radius 2 is 2.31 bits per heavy atom. The molecule has 0 aromatic rings. The smallest absolute Gasteiger partial charge is 0.0667 e. The minimum absolute atomic E-state index is 0.196. The van der Waals surface area contributed by atoms with Gasteiger partial charge in [-0.1, -0.05) is 6.42 Å². The molecule has 1 aliphatic heterocycles. The van der Waals surface area contributed by atoms with Crippen LogP contribution in [0.4, 0.5) is 0 Å². The van der Waals surface area contributed by atoms with Crippen LogP contribution in [0.5, 0.6) is 0 Å². The van der Waals surface area contributed by atoms with Gasteiger partial charge in [-0.15, -0.1) is 0 Å². The van der Waals surface area contributed by atoms with Crippen LogP contribution >= 0.6 is 0 Å². The molecular weight excluding hydrogens is 164 g/mol. The maximum atomic E-state index is 9.57. The summed E-state index contributed by atoms with van der Waals surface area (Å²) in [5, 5.41) is 9.57. The highest BCUT2D eigenvalue weighted by atomic mass is 16.3. The zero-order chi connectivity index (χ0) is 9.68. The maximum Gasteiger partial charge on any atom is 0.0667 e. The van der Waals surface area contributed by atoms with Crippen molar-refractivity contribution in [2.75, 3.05) is 19.6 Å². The third kappa shape index (κ3) is 3.25. The molecule has 0 aromatic heterocycles. The van der Waals surface area contributed by atoms with E-state index in [1.807, 2.05) is 6.92 Å². The largest absolute Gasteiger partial charge is 0.392 e. The molecule has 0 radical (unpaired) electrons. The monoisotopic (exact) mass is 186 g/mol. The van der Waals surface area contributed by atoms with Crippen LogP contribution in [0.2, 0.25) is 0 Å². The zero-order valence-corrected chi connectivity index (χ0v) is 8.58. The third-order valence-electron chi connectivity index (χ3n) is 2.87. The van der Waals surface area contributed by atoms with E-state index in [0.29, 0.717) is 6.04 Å². The molecule has 78 valence electrons. The number of nitrogens with zero attached hydrogens (tertiary/aromatic N) is 1. The second kappa shape index (κ2) is 5.58. The molecular formula is C10H22N2O. The molecule has 2 atom stereocenters. The van der Waals surface area contributed by atoms with E-state index in [9.17, 15) is 5.11 Å². The third-order valence-corrected chi connectivity index (χ3v) is 2.87. The van der Waals surface area contributed by atoms with Crippen molar-refractivity contribution in [1.82, 2.24) is 4.90 Å². The second-order valence-electron chi connectivity index (χ2n) is 3.98. The summed E-state index contributed by atoms with van der Waals surface area (Å²) in [5.41, 5.74) is 5.48. The van der Waals surface area contributed by atoms with Crippen LogP contribution in [0.3, 0.4) is 0 Å². The average Bonchev–Trinajstić information content (AvgIpc) is 2.15. The first-order chi connectivity index (χ1) is 6.25. The Morgan fingerprint density at radius 3 is 2.92 bits per heavy atom. The molecule has 1 heterocycles. The van der Waals surface area contributed by atoms with Crippen LogP contribution in [0, 0.1) is 0 Å². The minimum atomic E-state index is -0.196. The van der Waals surface area contributed by atoms with Gasteiger partial charge in [-0.3, -0.25) is 4.90 Å². The van der Waals surface area contributed by atoms with Crippen LogP contribution in [-0.2, 0) is 0 Å². The summed E-state index contributed by atoms with van der Waals surface area (Å²) in [5.74, 6) is 0. The molecule has 0 aromatic carbocycles. The van der Waals surface area contributed by atoms with E-state index >= 15 is 0 Å². The maximum absolute atomic E-state index is 9.57. The number of piperidine rings is 1. The Balaban J connectivity index is 2.37. The lowest BCUT2D eigenvalue weighted by molar-refractivity contribution is 0.0363. The fraction of sp³-hybridized carbons (Fsp3) is 1.00. The first-order valence-electron chi connectivity index (χ1n) is 5.38. The Bertz CT molecular complexity index is 139. The van der Waals surface area contributed by atoms with E-state index in [0.717, 1.165) is 32.5 Å². The fourth-order valence-electron chi connectivity index (χ4n) is 2.14. The number of aliphatic hydroxyl groups excluding tert-OH is 1. The van der Waals surface area contributed by atoms with Gasteiger partial charge < -0.3 is 10.8 Å². The summed E-state index contributed by atoms with van der Waals surface area (Å²) in [7, 11) is 0. The van der Waals surface area contributed by atoms with Gasteiger partial charge in [0.2, 0.25) is 0 Å². The zero-order valence-electron chi connectivity index (χ0n) is 8.58. The van der Waals surface area contributed by atoms with Gasteiger partial charge in [0.15, 0.2) is 0 Å². The lowest BCUT2D eigenvalue weighted by Gasteiger charge is -2.37. The van der Waals surface area contributed by atoms with Gasteiger partial charge in [0, 0.05) is 6.04 Å². The summed E-state index contributed by atoms with van der Waals surface area (Å²) in [4.78, 5) is 2.39. The summed E-state index contributed by atoms with van der Waals surface area (Å²) in [6, 6.07) is 0.375. The molecule has 0 spiro atoms. The standard InChI is InChI=1S/C10H22N2O/c1-9(13)10-5-2-3-7-12(10)8-4-6-11/h9-10,13H,2-8,11H2,1H3/t9-,10-/m1/s1. The molecule has 1 rings (SSSR count). The van der Waals surface area contributed by atoms with E-state index in [1.54, 1.807) is 0 Å². The molecule has 3 heteroatoms. The number of nitrogens with two attached hydrogens (primary N) is 1. The lowest BCUT2D eigenvalue weighted by Crippen LogP contribution is -2.46. The molecule has 1 aliphatic rings. The minimum Gasteiger partial charge on any atom is -0.392 e. The van der Waals surface area contributed by atoms with E-state index in [4.69, 9.17) is 5.73 Å². The number of hydrogen-bond acceptors (Lipinski definition) is 3. The van der Waals surface area contributed by atoms with Gasteiger partial charge in [-0.25, -0.2) is 0 Å². The van der Waals surface area contributed by atoms with Crippen LogP contribution in [0.1, 0.15) is 32.6 Å². The normalized spacial score (nSPS) is 27.5. The molecule has 0 amide bonds. The molecule has 0 saturated carbocycles. The molecule has 3 N–H and O–H groups in total. The van der Waals surface area contributed by atoms with Gasteiger partial charge in [0.1, 0.15) is 0 Å². The summed E-state index contributed by atoms with van der Waals surface area (Å²) in [6.45, 7) is 4.83. The van der Waals surface area contributed by atoms with Crippen molar-refractivity contribution in [3.05, 3.63) is 0 Å². The quantitative estimate of drug-likeness (QED) is 0.675. The molecule has 13 heavy (non-hydrogen) atoms. The number of aliphatic hydroxyl groups is 1. The summed E-state index contributed by atoms with van der Waals surface area (Å²) < 4.78 is 0. The number of rotatable bonds is 4. The van der Waals surface area contributed by atoms with Crippen molar-refractivity contribution < 1.29 is 5.11 Å². The Hall–Kier alpha value is -0.120. The van der Waals surface area contributed by atoms with E-state index < -0.39 is 0 Å². The Morgan fingerprint density at radius 1 is 1.54 bits per heavy atom. The fourth-order valence-corrected chi connectivity index (χ4v) is 2.14. The summed E-state index contributed by atoms with van der Waals surface area (Å²) >= 11 is 0. The van der Waals surface area contributed by atoms with Crippen molar-refractivity contribution in [3.8, 4) is 0 Å². The van der Waals surface area contributed by atoms with Crippen LogP contribution < -0.4 is 5.73 Å². The van der Waals surface area contributed by atoms with E-state index in [-0.39, 0.29) is 6.10 Å². The van der Waals surface area contributed by atoms with Crippen molar-refractivity contribution in [1.29, 1.82) is 0 Å². The van der Waals surface area contributed by atoms with Crippen molar-refractivity contribution in [2.24, 2.45) is 5.73 Å². The first-order valence-corrected chi connectivity index (χ1v) is 5.38. The van der Waals surface area contributed by atoms with Gasteiger partial charge in [-0.2, -0.15) is 0 Å². The van der Waals surface area contributed by atoms with Crippen molar-refractivity contribution in [3.63, 3.8) is 0 Å². The first kappa shape index (κ1) is 11.0. The number of likely N-dealkylation sites (tertiary alicyclic amines) is 1. The molecule has 0 unspecified atom stereocenters. The SMILES string of the molecule is C[C@@H](O)[C@H]1CCCCN1CCCN. The lowest BCUT2D eigenvalue weighted by atomic mass is 9.98. The van der Waals surface area contributed by atoms with Gasteiger partial charge >= 0.3 is 0 Å². The van der Waals surface area contributed by atoms with Crippen LogP contribution in [-0.4, -0.2) is 41.8 Å². The number of hydrogen-bond donors (Lipinski definition) is 2. The Labute approximate surface area is 80.9 Å². The average molecular weight is 186 g/mol. The predicted molar refractivity (Wildman–Crippen MR) is 54.6 cm³/mol. The molecule has 0 bridgehead atoms. The van der Waals surface area contributed by atoms with Crippen LogP contribution in [0.15, 0.2) is 0 Å². The molecule has 0 aliphatic carbocycles. The molecule has 1 saturated heterocycles. The highest BCUT2D eigenvalue weighted by Crippen LogP contribution is 2.19. The Kier molecular flexibility index (Phi) is 4.70. The van der Waals surface area contributed by atoms with Crippen molar-refractivity contribution >= 4 is 0 Å². The molecule has 1 fully saturated rings. The van der Waals surface area contributed by atoms with Crippen LogP contribution in [0.25, 0.3) is 0 Å². The van der Waals surface area contributed by atoms with Gasteiger partial charge in [0.25, 0.3) is 0 Å². The molecule has 3 nitrogen and oxygen atoms in total. The van der Waals surface area contributed by atoms with Gasteiger partial charge in [-0.05, 0) is 45.8 Å². The summed E-state index contributed by atoms with van der Waals surface area (Å²) in [6.07, 6.45) is 4.52. The highest BCUT2D eigenvalue weighted by molar-refractivity contribution is 4.80. The second-order valence-corrected chi connectivity index (χ2v) is 3.98. The van der Waals surface area contributed by atoms with Crippen molar-refractivity contribution in [2.45, 2.75) is 44.8 Å². The van der Waals surface area contributed by atoms with E-state index in [2.05, 4.69) is 4.90 Å².